The number of rotatable bonds is 4. The number of nitrogens with zero attached hydrogens (tertiary/aromatic N) is 3. The number of carbonyl (C=O) groups excluding carboxylic acids is 1. The third kappa shape index (κ3) is 3.84. The van der Waals surface area contributed by atoms with Crippen molar-refractivity contribution in [2.45, 2.75) is 40.0 Å². The summed E-state index contributed by atoms with van der Waals surface area (Å²) < 4.78 is 1.86. The molecule has 3 N–H and O–H groups in total. The number of hydrogen-bond acceptors (Lipinski definition) is 4. The van der Waals surface area contributed by atoms with E-state index < -0.39 is 5.91 Å². The zero-order valence-corrected chi connectivity index (χ0v) is 16.4. The van der Waals surface area contributed by atoms with Gasteiger partial charge >= 0.3 is 0 Å². The molecule has 0 atom stereocenters. The minimum Gasteiger partial charge on any atom is -0.365 e. The van der Waals surface area contributed by atoms with Crippen LogP contribution in [-0.4, -0.2) is 20.7 Å². The number of amides is 1. The Morgan fingerprint density at radius 2 is 1.89 bits per heavy atom. The molecule has 0 unspecified atom stereocenters. The van der Waals surface area contributed by atoms with Crippen LogP contribution in [0.25, 0.3) is 5.69 Å². The Bertz CT molecular complexity index is 998. The highest BCUT2D eigenvalue weighted by Gasteiger charge is 2.22. The molecule has 1 amide bonds. The molecule has 0 aliphatic carbocycles. The topological polar surface area (TPSA) is 85.8 Å². The Hall–Kier alpha value is -3.15. The molecule has 0 bridgehead atoms. The maximum Gasteiger partial charge on any atom is 0.252 e. The minimum absolute atomic E-state index is 0.129. The van der Waals surface area contributed by atoms with Crippen molar-refractivity contribution in [2.24, 2.45) is 5.73 Å². The first kappa shape index (κ1) is 18.6. The molecular weight excluding hydrogens is 338 g/mol. The fraction of sp³-hybridized carbons (Fsp3) is 0.286. The number of carbonyl (C=O) groups is 1. The van der Waals surface area contributed by atoms with E-state index in [0.717, 1.165) is 28.3 Å². The lowest BCUT2D eigenvalue weighted by atomic mass is 9.92. The highest BCUT2D eigenvalue weighted by molar-refractivity contribution is 5.98. The van der Waals surface area contributed by atoms with Crippen LogP contribution in [0.1, 0.15) is 48.0 Å². The molecule has 140 valence electrons. The van der Waals surface area contributed by atoms with Crippen LogP contribution in [-0.2, 0) is 5.41 Å². The van der Waals surface area contributed by atoms with Crippen molar-refractivity contribution >= 4 is 17.5 Å². The van der Waals surface area contributed by atoms with Crippen molar-refractivity contribution in [3.63, 3.8) is 0 Å². The molecule has 6 heteroatoms. The van der Waals surface area contributed by atoms with Gasteiger partial charge in [-0.2, -0.15) is 5.10 Å². The molecule has 0 aliphatic rings. The van der Waals surface area contributed by atoms with Crippen molar-refractivity contribution in [3.05, 3.63) is 65.0 Å². The molecule has 0 spiro atoms. The maximum absolute atomic E-state index is 11.7. The summed E-state index contributed by atoms with van der Waals surface area (Å²) >= 11 is 0. The number of nitrogens with one attached hydrogen (secondary N) is 1. The highest BCUT2D eigenvalue weighted by Crippen LogP contribution is 2.29. The second-order valence-corrected chi connectivity index (χ2v) is 7.76. The van der Waals surface area contributed by atoms with Gasteiger partial charge in [0.05, 0.1) is 16.9 Å². The van der Waals surface area contributed by atoms with Crippen LogP contribution < -0.4 is 11.1 Å². The minimum atomic E-state index is -0.528. The van der Waals surface area contributed by atoms with Gasteiger partial charge in [-0.3, -0.25) is 4.79 Å². The summed E-state index contributed by atoms with van der Waals surface area (Å²) in [5.41, 5.74) is 9.86. The summed E-state index contributed by atoms with van der Waals surface area (Å²) in [6.07, 6.45) is 1.62. The Kier molecular flexibility index (Phi) is 4.74. The van der Waals surface area contributed by atoms with E-state index in [1.165, 1.54) is 0 Å². The van der Waals surface area contributed by atoms with Crippen LogP contribution in [0, 0.1) is 13.8 Å². The Labute approximate surface area is 159 Å². The summed E-state index contributed by atoms with van der Waals surface area (Å²) in [5.74, 6) is 0.617. The predicted octanol–water partition coefficient (Wildman–Crippen LogP) is 4.02. The Morgan fingerprint density at radius 1 is 1.15 bits per heavy atom. The van der Waals surface area contributed by atoms with Gasteiger partial charge in [0.2, 0.25) is 0 Å². The van der Waals surface area contributed by atoms with Crippen LogP contribution in [0.4, 0.5) is 11.6 Å². The lowest BCUT2D eigenvalue weighted by molar-refractivity contribution is 0.100. The van der Waals surface area contributed by atoms with E-state index in [1.807, 2.05) is 24.6 Å². The van der Waals surface area contributed by atoms with E-state index in [9.17, 15) is 4.79 Å². The standard InChI is InChI=1S/C21H25N5O/c1-13-8-9-14(2)16(11-13)26-18(12-17(25-26)21(3,4)5)24-20-15(19(22)27)7-6-10-23-20/h6-12H,1-5H3,(H2,22,27)(H,23,24). The van der Waals surface area contributed by atoms with Crippen LogP contribution >= 0.6 is 0 Å². The monoisotopic (exact) mass is 363 g/mol. The molecule has 0 radical (unpaired) electrons. The van der Waals surface area contributed by atoms with Crippen molar-refractivity contribution in [1.82, 2.24) is 14.8 Å². The van der Waals surface area contributed by atoms with Crippen molar-refractivity contribution in [3.8, 4) is 5.69 Å². The molecule has 0 aliphatic heterocycles. The van der Waals surface area contributed by atoms with Gasteiger partial charge in [0.25, 0.3) is 5.91 Å². The third-order valence-electron chi connectivity index (χ3n) is 4.39. The fourth-order valence-corrected chi connectivity index (χ4v) is 2.79. The van der Waals surface area contributed by atoms with E-state index in [0.29, 0.717) is 11.4 Å². The average Bonchev–Trinajstić information content (AvgIpc) is 3.01. The number of pyridine rings is 1. The van der Waals surface area contributed by atoms with Gasteiger partial charge in [-0.05, 0) is 43.2 Å². The summed E-state index contributed by atoms with van der Waals surface area (Å²) in [6, 6.07) is 11.6. The lowest BCUT2D eigenvalue weighted by Gasteiger charge is -2.15. The molecule has 1 aromatic carbocycles. The van der Waals surface area contributed by atoms with Crippen LogP contribution in [0.5, 0.6) is 0 Å². The molecule has 3 aromatic rings. The fourth-order valence-electron chi connectivity index (χ4n) is 2.79. The number of benzene rings is 1. The van der Waals surface area contributed by atoms with Gasteiger partial charge in [0, 0.05) is 17.7 Å². The van der Waals surface area contributed by atoms with Crippen LogP contribution in [0.15, 0.2) is 42.6 Å². The van der Waals surface area contributed by atoms with Crippen LogP contribution in [0.3, 0.4) is 0 Å². The SMILES string of the molecule is Cc1ccc(C)c(-n2nc(C(C)(C)C)cc2Nc2ncccc2C(N)=O)c1. The van der Waals surface area contributed by atoms with E-state index in [-0.39, 0.29) is 5.41 Å². The quantitative estimate of drug-likeness (QED) is 0.733. The first-order valence-corrected chi connectivity index (χ1v) is 8.87. The third-order valence-corrected chi connectivity index (χ3v) is 4.39. The molecule has 0 saturated carbocycles. The highest BCUT2D eigenvalue weighted by atomic mass is 16.1. The van der Waals surface area contributed by atoms with Crippen molar-refractivity contribution in [2.75, 3.05) is 5.32 Å². The molecule has 0 saturated heterocycles. The van der Waals surface area contributed by atoms with Crippen LogP contribution in [0.2, 0.25) is 0 Å². The van der Waals surface area contributed by atoms with E-state index >= 15 is 0 Å². The van der Waals surface area contributed by atoms with Gasteiger partial charge in [0.15, 0.2) is 0 Å². The number of aromatic nitrogens is 3. The maximum atomic E-state index is 11.7. The zero-order valence-electron chi connectivity index (χ0n) is 16.4. The largest absolute Gasteiger partial charge is 0.365 e. The summed E-state index contributed by atoms with van der Waals surface area (Å²) in [5, 5.41) is 8.08. The smallest absolute Gasteiger partial charge is 0.252 e. The first-order chi connectivity index (χ1) is 12.7. The summed E-state index contributed by atoms with van der Waals surface area (Å²) in [4.78, 5) is 16.0. The van der Waals surface area contributed by atoms with Gasteiger partial charge in [0.1, 0.15) is 11.6 Å². The molecule has 6 nitrogen and oxygen atoms in total. The van der Waals surface area contributed by atoms with Crippen molar-refractivity contribution < 1.29 is 4.79 Å². The van der Waals surface area contributed by atoms with E-state index in [4.69, 9.17) is 10.8 Å². The molecule has 27 heavy (non-hydrogen) atoms. The Morgan fingerprint density at radius 3 is 2.56 bits per heavy atom. The van der Waals surface area contributed by atoms with Gasteiger partial charge in [-0.1, -0.05) is 32.9 Å². The number of nitrogens with two attached hydrogens (primary N) is 1. The van der Waals surface area contributed by atoms with Crippen molar-refractivity contribution in [1.29, 1.82) is 0 Å². The Balaban J connectivity index is 2.16. The average molecular weight is 363 g/mol. The lowest BCUT2D eigenvalue weighted by Crippen LogP contribution is -2.15. The second kappa shape index (κ2) is 6.87. The predicted molar refractivity (Wildman–Crippen MR) is 108 cm³/mol. The molecular formula is C21H25N5O. The number of aryl methyl sites for hydroxylation is 2. The van der Waals surface area contributed by atoms with E-state index in [1.54, 1.807) is 18.3 Å². The van der Waals surface area contributed by atoms with Gasteiger partial charge in [-0.15, -0.1) is 0 Å². The number of primary amides is 1. The second-order valence-electron chi connectivity index (χ2n) is 7.76. The normalized spacial score (nSPS) is 11.4. The van der Waals surface area contributed by atoms with Gasteiger partial charge in [-0.25, -0.2) is 9.67 Å². The summed E-state index contributed by atoms with van der Waals surface area (Å²) in [6.45, 7) is 10.4. The molecule has 2 aromatic heterocycles. The number of anilines is 2. The molecule has 0 fully saturated rings. The van der Waals surface area contributed by atoms with E-state index in [2.05, 4.69) is 49.3 Å². The zero-order chi connectivity index (χ0) is 19.8. The number of hydrogen-bond donors (Lipinski definition) is 2. The molecule has 3 rings (SSSR count). The summed E-state index contributed by atoms with van der Waals surface area (Å²) in [7, 11) is 0. The molecule has 2 heterocycles. The van der Waals surface area contributed by atoms with Gasteiger partial charge < -0.3 is 11.1 Å². The first-order valence-electron chi connectivity index (χ1n) is 8.87.